The molecule has 20 heavy (non-hydrogen) atoms. The van der Waals surface area contributed by atoms with Crippen LogP contribution < -0.4 is 0 Å². The molecular weight excluding hydrogens is 291 g/mol. The zero-order chi connectivity index (χ0) is 15.1. The number of alkyl halides is 3. The normalized spacial score (nSPS) is 11.7. The summed E-state index contributed by atoms with van der Waals surface area (Å²) in [5, 5.41) is 8.95. The summed E-state index contributed by atoms with van der Waals surface area (Å²) in [5.74, 6) is -1.62. The molecule has 0 aliphatic rings. The summed E-state index contributed by atoms with van der Waals surface area (Å²) in [6, 6.07) is 5.16. The Morgan fingerprint density at radius 2 is 1.95 bits per heavy atom. The Morgan fingerprint density at radius 3 is 2.45 bits per heavy atom. The maximum atomic E-state index is 12.8. The summed E-state index contributed by atoms with van der Waals surface area (Å²) >= 11 is 0.540. The number of thiazole rings is 1. The van der Waals surface area contributed by atoms with E-state index in [-0.39, 0.29) is 5.01 Å². The van der Waals surface area contributed by atoms with Gasteiger partial charge >= 0.3 is 12.1 Å². The van der Waals surface area contributed by atoms with Crippen molar-refractivity contribution in [2.24, 2.45) is 0 Å². The second-order valence-electron chi connectivity index (χ2n) is 4.25. The third-order valence-corrected chi connectivity index (χ3v) is 4.00. The number of rotatable bonds is 2. The Morgan fingerprint density at radius 1 is 1.30 bits per heavy atom. The number of hydrogen-bond donors (Lipinski definition) is 1. The SMILES string of the molecule is Cc1cccc(-c2nc(C(F)(F)F)c(C(=O)O)s2)c1C. The number of benzene rings is 1. The van der Waals surface area contributed by atoms with Gasteiger partial charge in [-0.25, -0.2) is 9.78 Å². The summed E-state index contributed by atoms with van der Waals surface area (Å²) in [6.45, 7) is 3.59. The molecule has 3 nitrogen and oxygen atoms in total. The monoisotopic (exact) mass is 301 g/mol. The largest absolute Gasteiger partial charge is 0.477 e. The van der Waals surface area contributed by atoms with E-state index in [1.54, 1.807) is 19.1 Å². The molecule has 1 N–H and O–H groups in total. The predicted octanol–water partition coefficient (Wildman–Crippen LogP) is 4.14. The molecule has 1 heterocycles. The number of aryl methyl sites for hydroxylation is 1. The van der Waals surface area contributed by atoms with Crippen LogP contribution in [0.4, 0.5) is 13.2 Å². The lowest BCUT2D eigenvalue weighted by atomic mass is 10.0. The van der Waals surface area contributed by atoms with Crippen LogP contribution in [0.1, 0.15) is 26.5 Å². The summed E-state index contributed by atoms with van der Waals surface area (Å²) in [6.07, 6.45) is -4.78. The van der Waals surface area contributed by atoms with Gasteiger partial charge < -0.3 is 5.11 Å². The number of hydrogen-bond acceptors (Lipinski definition) is 3. The highest BCUT2D eigenvalue weighted by molar-refractivity contribution is 7.17. The Bertz CT molecular complexity index is 677. The van der Waals surface area contributed by atoms with E-state index in [9.17, 15) is 18.0 Å². The van der Waals surface area contributed by atoms with E-state index < -0.39 is 22.7 Å². The van der Waals surface area contributed by atoms with Crippen LogP contribution in [0.15, 0.2) is 18.2 Å². The quantitative estimate of drug-likeness (QED) is 0.906. The fourth-order valence-corrected chi connectivity index (χ4v) is 2.76. The molecule has 2 rings (SSSR count). The molecule has 0 unspecified atom stereocenters. The maximum Gasteiger partial charge on any atom is 0.435 e. The minimum Gasteiger partial charge on any atom is -0.477 e. The van der Waals surface area contributed by atoms with E-state index in [0.29, 0.717) is 16.9 Å². The Kier molecular flexibility index (Phi) is 3.56. The average Bonchev–Trinajstić information content (AvgIpc) is 2.77. The predicted molar refractivity (Wildman–Crippen MR) is 69.0 cm³/mol. The van der Waals surface area contributed by atoms with Crippen LogP contribution in [0.3, 0.4) is 0 Å². The van der Waals surface area contributed by atoms with Crippen molar-refractivity contribution in [3.05, 3.63) is 39.9 Å². The number of aromatic carboxylic acids is 1. The lowest BCUT2D eigenvalue weighted by molar-refractivity contribution is -0.141. The Balaban J connectivity index is 2.65. The molecule has 106 valence electrons. The van der Waals surface area contributed by atoms with Crippen LogP contribution in [0.25, 0.3) is 10.6 Å². The van der Waals surface area contributed by atoms with Crippen LogP contribution in [0.2, 0.25) is 0 Å². The molecule has 0 saturated carbocycles. The van der Waals surface area contributed by atoms with Gasteiger partial charge in [0.1, 0.15) is 9.88 Å². The third kappa shape index (κ3) is 2.53. The summed E-state index contributed by atoms with van der Waals surface area (Å²) in [7, 11) is 0. The van der Waals surface area contributed by atoms with Crippen molar-refractivity contribution in [2.45, 2.75) is 20.0 Å². The smallest absolute Gasteiger partial charge is 0.435 e. The topological polar surface area (TPSA) is 50.2 Å². The first kappa shape index (κ1) is 14.5. The zero-order valence-corrected chi connectivity index (χ0v) is 11.4. The van der Waals surface area contributed by atoms with Crippen molar-refractivity contribution in [1.82, 2.24) is 4.98 Å². The molecule has 0 radical (unpaired) electrons. The molecular formula is C13H10F3NO2S. The van der Waals surface area contributed by atoms with E-state index in [0.717, 1.165) is 11.1 Å². The van der Waals surface area contributed by atoms with Gasteiger partial charge in [-0.1, -0.05) is 18.2 Å². The van der Waals surface area contributed by atoms with Crippen LogP contribution in [0, 0.1) is 13.8 Å². The van der Waals surface area contributed by atoms with Crippen molar-refractivity contribution in [3.63, 3.8) is 0 Å². The van der Waals surface area contributed by atoms with E-state index >= 15 is 0 Å². The van der Waals surface area contributed by atoms with Gasteiger partial charge in [-0.3, -0.25) is 0 Å². The molecule has 2 aromatic rings. The van der Waals surface area contributed by atoms with Crippen LogP contribution in [-0.4, -0.2) is 16.1 Å². The van der Waals surface area contributed by atoms with Crippen molar-refractivity contribution in [2.75, 3.05) is 0 Å². The highest BCUT2D eigenvalue weighted by Gasteiger charge is 2.39. The van der Waals surface area contributed by atoms with Crippen molar-refractivity contribution < 1.29 is 23.1 Å². The standard InChI is InChI=1S/C13H10F3NO2S/c1-6-4-3-5-8(7(6)2)11-17-10(13(14,15)16)9(20-11)12(18)19/h3-5H,1-2H3,(H,18,19). The maximum absolute atomic E-state index is 12.8. The Labute approximate surface area is 116 Å². The third-order valence-electron chi connectivity index (χ3n) is 2.92. The highest BCUT2D eigenvalue weighted by Crippen LogP contribution is 2.38. The number of aromatic nitrogens is 1. The summed E-state index contributed by atoms with van der Waals surface area (Å²) in [5.41, 5.74) is 0.869. The minimum atomic E-state index is -4.78. The number of carboxylic acid groups (broad SMARTS) is 1. The van der Waals surface area contributed by atoms with Gasteiger partial charge in [0.05, 0.1) is 0 Å². The van der Waals surface area contributed by atoms with Crippen LogP contribution in [-0.2, 0) is 6.18 Å². The van der Waals surface area contributed by atoms with Gasteiger partial charge in [-0.2, -0.15) is 13.2 Å². The van der Waals surface area contributed by atoms with Crippen molar-refractivity contribution >= 4 is 17.3 Å². The van der Waals surface area contributed by atoms with Crippen molar-refractivity contribution in [1.29, 1.82) is 0 Å². The first-order valence-corrected chi connectivity index (χ1v) is 6.41. The number of carboxylic acids is 1. The molecule has 0 fully saturated rings. The molecule has 0 aliphatic carbocycles. The highest BCUT2D eigenvalue weighted by atomic mass is 32.1. The van der Waals surface area contributed by atoms with Crippen LogP contribution >= 0.6 is 11.3 Å². The molecule has 0 saturated heterocycles. The van der Waals surface area contributed by atoms with E-state index in [1.165, 1.54) is 0 Å². The molecule has 0 amide bonds. The number of nitrogens with zero attached hydrogens (tertiary/aromatic N) is 1. The molecule has 1 aromatic heterocycles. The molecule has 1 aromatic carbocycles. The number of carbonyl (C=O) groups is 1. The first-order chi connectivity index (χ1) is 9.21. The molecule has 7 heteroatoms. The molecule has 0 aliphatic heterocycles. The zero-order valence-electron chi connectivity index (χ0n) is 10.6. The fraction of sp³-hybridized carbons (Fsp3) is 0.231. The van der Waals surface area contributed by atoms with Crippen molar-refractivity contribution in [3.8, 4) is 10.6 Å². The average molecular weight is 301 g/mol. The van der Waals surface area contributed by atoms with Gasteiger partial charge in [0, 0.05) is 5.56 Å². The summed E-state index contributed by atoms with van der Waals surface area (Å²) < 4.78 is 38.4. The second kappa shape index (κ2) is 4.90. The molecule has 0 atom stereocenters. The number of halogens is 3. The molecule has 0 bridgehead atoms. The van der Waals surface area contributed by atoms with E-state index in [4.69, 9.17) is 5.11 Å². The first-order valence-electron chi connectivity index (χ1n) is 5.59. The van der Waals surface area contributed by atoms with E-state index in [1.807, 2.05) is 13.0 Å². The van der Waals surface area contributed by atoms with Crippen LogP contribution in [0.5, 0.6) is 0 Å². The lowest BCUT2D eigenvalue weighted by Gasteiger charge is -2.05. The minimum absolute atomic E-state index is 0.0657. The lowest BCUT2D eigenvalue weighted by Crippen LogP contribution is -2.11. The fourth-order valence-electron chi connectivity index (χ4n) is 1.76. The van der Waals surface area contributed by atoms with Gasteiger partial charge in [-0.15, -0.1) is 11.3 Å². The van der Waals surface area contributed by atoms with Gasteiger partial charge in [0.15, 0.2) is 5.69 Å². The van der Waals surface area contributed by atoms with Gasteiger partial charge in [0.2, 0.25) is 0 Å². The molecule has 0 spiro atoms. The van der Waals surface area contributed by atoms with E-state index in [2.05, 4.69) is 4.98 Å². The second-order valence-corrected chi connectivity index (χ2v) is 5.25. The van der Waals surface area contributed by atoms with Gasteiger partial charge in [-0.05, 0) is 25.0 Å². The van der Waals surface area contributed by atoms with Gasteiger partial charge in [0.25, 0.3) is 0 Å². The Hall–Kier alpha value is -1.89. The summed E-state index contributed by atoms with van der Waals surface area (Å²) in [4.78, 5) is 13.6.